The quantitative estimate of drug-likeness (QED) is 0.720. The van der Waals surface area contributed by atoms with Crippen LogP contribution in [0.2, 0.25) is 0 Å². The third-order valence-corrected chi connectivity index (χ3v) is 4.93. The lowest BCUT2D eigenvalue weighted by Crippen LogP contribution is -2.19. The molecule has 0 saturated carbocycles. The van der Waals surface area contributed by atoms with Crippen LogP contribution in [0.1, 0.15) is 27.6 Å². The zero-order chi connectivity index (χ0) is 20.0. The molecule has 2 aromatic carbocycles. The van der Waals surface area contributed by atoms with Crippen LogP contribution in [-0.2, 0) is 19.5 Å². The van der Waals surface area contributed by atoms with Crippen molar-refractivity contribution in [2.24, 2.45) is 0 Å². The third kappa shape index (κ3) is 4.56. The molecule has 27 heavy (non-hydrogen) atoms. The van der Waals surface area contributed by atoms with E-state index in [9.17, 15) is 18.0 Å². The van der Waals surface area contributed by atoms with Gasteiger partial charge < -0.3 is 14.2 Å². The van der Waals surface area contributed by atoms with Gasteiger partial charge in [-0.2, -0.15) is 0 Å². The number of methoxy groups -OCH3 is 2. The third-order valence-electron chi connectivity index (χ3n) is 3.53. The molecule has 0 atom stereocenters. The Morgan fingerprint density at radius 1 is 1.00 bits per heavy atom. The Labute approximate surface area is 157 Å². The average Bonchev–Trinajstić information content (AvgIpc) is 2.67. The molecule has 144 valence electrons. The zero-order valence-electron chi connectivity index (χ0n) is 15.0. The van der Waals surface area contributed by atoms with E-state index in [1.165, 1.54) is 25.3 Å². The fourth-order valence-corrected chi connectivity index (χ4v) is 3.59. The summed E-state index contributed by atoms with van der Waals surface area (Å²) in [5.41, 5.74) is -0.0474. The number of nitrogens with one attached hydrogen (secondary N) is 1. The Bertz CT molecular complexity index is 954. The lowest BCUT2D eigenvalue weighted by Gasteiger charge is -2.15. The molecule has 0 unspecified atom stereocenters. The molecule has 0 bridgehead atoms. The van der Waals surface area contributed by atoms with E-state index in [2.05, 4.69) is 14.2 Å². The van der Waals surface area contributed by atoms with Gasteiger partial charge in [-0.25, -0.2) is 18.0 Å². The number of hydrogen-bond donors (Lipinski definition) is 1. The van der Waals surface area contributed by atoms with Crippen molar-refractivity contribution in [1.29, 1.82) is 0 Å². The van der Waals surface area contributed by atoms with E-state index in [-0.39, 0.29) is 16.8 Å². The van der Waals surface area contributed by atoms with Crippen LogP contribution in [-0.4, -0.2) is 41.2 Å². The molecule has 8 nitrogen and oxygen atoms in total. The molecule has 0 spiro atoms. The highest BCUT2D eigenvalue weighted by molar-refractivity contribution is 7.92. The first-order valence-corrected chi connectivity index (χ1v) is 9.37. The van der Waals surface area contributed by atoms with Crippen molar-refractivity contribution < 1.29 is 32.2 Å². The van der Waals surface area contributed by atoms with Crippen LogP contribution in [0.3, 0.4) is 0 Å². The SMILES string of the molecule is CCOc1ccccc1NS(=O)(=O)c1cc(C(=O)OC)ccc1C(=O)OC. The molecular weight excluding hydrogens is 374 g/mol. The first kappa shape index (κ1) is 20.2. The van der Waals surface area contributed by atoms with Gasteiger partial charge in [0.25, 0.3) is 10.0 Å². The fraction of sp³-hybridized carbons (Fsp3) is 0.222. The number of sulfonamides is 1. The molecule has 2 aromatic rings. The van der Waals surface area contributed by atoms with Crippen LogP contribution in [0.5, 0.6) is 5.75 Å². The molecule has 0 radical (unpaired) electrons. The second-order valence-corrected chi connectivity index (χ2v) is 6.88. The lowest BCUT2D eigenvalue weighted by atomic mass is 10.1. The van der Waals surface area contributed by atoms with Crippen LogP contribution in [0.25, 0.3) is 0 Å². The fourth-order valence-electron chi connectivity index (χ4n) is 2.30. The van der Waals surface area contributed by atoms with E-state index in [1.54, 1.807) is 25.1 Å². The minimum absolute atomic E-state index is 0.0244. The van der Waals surface area contributed by atoms with Gasteiger partial charge >= 0.3 is 11.9 Å². The number of hydrogen-bond acceptors (Lipinski definition) is 7. The Morgan fingerprint density at radius 3 is 2.30 bits per heavy atom. The van der Waals surface area contributed by atoms with Gasteiger partial charge in [-0.1, -0.05) is 12.1 Å². The van der Waals surface area contributed by atoms with E-state index in [1.807, 2.05) is 0 Å². The number of ether oxygens (including phenoxy) is 3. The average molecular weight is 393 g/mol. The molecule has 0 aliphatic carbocycles. The second kappa shape index (κ2) is 8.54. The van der Waals surface area contributed by atoms with E-state index in [0.29, 0.717) is 12.4 Å². The standard InChI is InChI=1S/C18H19NO7S/c1-4-26-15-8-6-5-7-14(15)19-27(22,23)16-11-12(17(20)24-2)9-10-13(16)18(21)25-3/h5-11,19H,4H2,1-3H3. The van der Waals surface area contributed by atoms with Gasteiger partial charge in [0.1, 0.15) is 10.6 Å². The predicted molar refractivity (Wildman–Crippen MR) is 97.5 cm³/mol. The second-order valence-electron chi connectivity index (χ2n) is 5.23. The van der Waals surface area contributed by atoms with Crippen LogP contribution in [0.15, 0.2) is 47.4 Å². The van der Waals surface area contributed by atoms with Gasteiger partial charge in [-0.3, -0.25) is 4.72 Å². The van der Waals surface area contributed by atoms with Gasteiger partial charge in [-0.15, -0.1) is 0 Å². The monoisotopic (exact) mass is 393 g/mol. The smallest absolute Gasteiger partial charge is 0.339 e. The van der Waals surface area contributed by atoms with Crippen molar-refractivity contribution in [3.05, 3.63) is 53.6 Å². The predicted octanol–water partition coefficient (Wildman–Crippen LogP) is 2.46. The van der Waals surface area contributed by atoms with Crippen molar-refractivity contribution in [3.8, 4) is 5.75 Å². The Kier molecular flexibility index (Phi) is 6.40. The topological polar surface area (TPSA) is 108 Å². The number of rotatable bonds is 7. The van der Waals surface area contributed by atoms with E-state index >= 15 is 0 Å². The number of anilines is 1. The van der Waals surface area contributed by atoms with Gasteiger partial charge in [0.15, 0.2) is 0 Å². The summed E-state index contributed by atoms with van der Waals surface area (Å²) in [5, 5.41) is 0. The molecule has 0 saturated heterocycles. The Balaban J connectivity index is 2.56. The van der Waals surface area contributed by atoms with E-state index in [4.69, 9.17) is 4.74 Å². The Hall–Kier alpha value is -3.07. The molecule has 0 amide bonds. The van der Waals surface area contributed by atoms with Gasteiger partial charge in [-0.05, 0) is 37.3 Å². The minimum Gasteiger partial charge on any atom is -0.492 e. The highest BCUT2D eigenvalue weighted by atomic mass is 32.2. The van der Waals surface area contributed by atoms with Crippen molar-refractivity contribution in [3.63, 3.8) is 0 Å². The maximum absolute atomic E-state index is 12.9. The van der Waals surface area contributed by atoms with Crippen LogP contribution in [0.4, 0.5) is 5.69 Å². The summed E-state index contributed by atoms with van der Waals surface area (Å²) < 4.78 is 42.9. The molecule has 9 heteroatoms. The van der Waals surface area contributed by atoms with Crippen molar-refractivity contribution in [2.45, 2.75) is 11.8 Å². The van der Waals surface area contributed by atoms with Crippen molar-refractivity contribution >= 4 is 27.6 Å². The summed E-state index contributed by atoms with van der Waals surface area (Å²) in [7, 11) is -1.95. The molecule has 1 N–H and O–H groups in total. The summed E-state index contributed by atoms with van der Waals surface area (Å²) in [6.45, 7) is 2.10. The molecule has 0 aliphatic rings. The van der Waals surface area contributed by atoms with E-state index < -0.39 is 26.9 Å². The molecule has 0 aromatic heterocycles. The van der Waals surface area contributed by atoms with E-state index in [0.717, 1.165) is 13.2 Å². The van der Waals surface area contributed by atoms with Crippen molar-refractivity contribution in [1.82, 2.24) is 0 Å². The summed E-state index contributed by atoms with van der Waals surface area (Å²) in [6, 6.07) is 9.99. The molecule has 0 aliphatic heterocycles. The number of para-hydroxylation sites is 2. The van der Waals surface area contributed by atoms with Gasteiger partial charge in [0.2, 0.25) is 0 Å². The molecule has 0 heterocycles. The maximum Gasteiger partial charge on any atom is 0.339 e. The molecule has 2 rings (SSSR count). The summed E-state index contributed by atoms with van der Waals surface area (Å²) in [4.78, 5) is 23.4. The minimum atomic E-state index is -4.24. The van der Waals surface area contributed by atoms with Crippen LogP contribution >= 0.6 is 0 Å². The molecule has 0 fully saturated rings. The molecular formula is C18H19NO7S. The summed E-state index contributed by atoms with van der Waals surface area (Å²) in [6.07, 6.45) is 0. The summed E-state index contributed by atoms with van der Waals surface area (Å²) in [5.74, 6) is -1.27. The largest absolute Gasteiger partial charge is 0.492 e. The van der Waals surface area contributed by atoms with Gasteiger partial charge in [0, 0.05) is 0 Å². The van der Waals surface area contributed by atoms with Crippen LogP contribution < -0.4 is 9.46 Å². The van der Waals surface area contributed by atoms with Gasteiger partial charge in [0.05, 0.1) is 37.6 Å². The van der Waals surface area contributed by atoms with Crippen LogP contribution in [0, 0.1) is 0 Å². The number of esters is 2. The maximum atomic E-state index is 12.9. The highest BCUT2D eigenvalue weighted by Gasteiger charge is 2.26. The zero-order valence-corrected chi connectivity index (χ0v) is 15.8. The first-order valence-electron chi connectivity index (χ1n) is 7.89. The number of benzene rings is 2. The first-order chi connectivity index (χ1) is 12.8. The normalized spacial score (nSPS) is 10.8. The Morgan fingerprint density at radius 2 is 1.67 bits per heavy atom. The number of carbonyl (C=O) groups is 2. The highest BCUT2D eigenvalue weighted by Crippen LogP contribution is 2.28. The van der Waals surface area contributed by atoms with Crippen molar-refractivity contribution in [2.75, 3.05) is 25.5 Å². The lowest BCUT2D eigenvalue weighted by molar-refractivity contribution is 0.0583. The number of carbonyl (C=O) groups excluding carboxylic acids is 2. The summed E-state index contributed by atoms with van der Waals surface area (Å²) >= 11 is 0.